The van der Waals surface area contributed by atoms with Crippen LogP contribution in [0.25, 0.3) is 0 Å². The summed E-state index contributed by atoms with van der Waals surface area (Å²) in [7, 11) is 0. The fourth-order valence-electron chi connectivity index (χ4n) is 2.54. The highest BCUT2D eigenvalue weighted by molar-refractivity contribution is 6.33. The van der Waals surface area contributed by atoms with Crippen LogP contribution in [-0.4, -0.2) is 19.3 Å². The average Bonchev–Trinajstić information content (AvgIpc) is 2.54. The quantitative estimate of drug-likeness (QED) is 0.792. The van der Waals surface area contributed by atoms with Crippen molar-refractivity contribution in [2.45, 2.75) is 12.8 Å². The van der Waals surface area contributed by atoms with Crippen molar-refractivity contribution in [3.05, 3.63) is 52.0 Å². The molecule has 0 amide bonds. The van der Waals surface area contributed by atoms with E-state index in [4.69, 9.17) is 23.2 Å². The molecule has 1 atom stereocenters. The van der Waals surface area contributed by atoms with Gasteiger partial charge in [0.05, 0.1) is 23.6 Å². The zero-order valence-electron chi connectivity index (χ0n) is 12.2. The van der Waals surface area contributed by atoms with Gasteiger partial charge in [0.25, 0.3) is 0 Å². The Morgan fingerprint density at radius 1 is 1.27 bits per heavy atom. The number of nitrogens with one attached hydrogen (secondary N) is 2. The largest absolute Gasteiger partial charge is 0.383 e. The summed E-state index contributed by atoms with van der Waals surface area (Å²) in [5, 5.41) is 8.29. The van der Waals surface area contributed by atoms with E-state index in [1.54, 1.807) is 0 Å². The number of hydrogen-bond donors (Lipinski definition) is 2. The van der Waals surface area contributed by atoms with E-state index in [9.17, 15) is 0 Å². The zero-order valence-corrected chi connectivity index (χ0v) is 13.7. The number of anilines is 2. The lowest BCUT2D eigenvalue weighted by Gasteiger charge is -2.20. The van der Waals surface area contributed by atoms with Crippen molar-refractivity contribution in [3.8, 4) is 0 Å². The number of aliphatic imine (C=N–C) groups is 1. The molecule has 3 nitrogen and oxygen atoms in total. The predicted octanol–water partition coefficient (Wildman–Crippen LogP) is 5.34. The number of rotatable bonds is 4. The molecule has 0 saturated heterocycles. The molecular weight excluding hydrogens is 317 g/mol. The molecule has 1 aliphatic rings. The fraction of sp³-hybridized carbons (Fsp3) is 0.235. The first-order chi connectivity index (χ1) is 10.6. The molecule has 1 aliphatic heterocycles. The Labute approximate surface area is 140 Å². The fourth-order valence-corrected chi connectivity index (χ4v) is 3.02. The number of fused-ring (bicyclic) bond motifs is 1. The van der Waals surface area contributed by atoms with Gasteiger partial charge >= 0.3 is 0 Å². The molecule has 1 heterocycles. The van der Waals surface area contributed by atoms with E-state index >= 15 is 0 Å². The smallest absolute Gasteiger partial charge is 0.0879 e. The lowest BCUT2D eigenvalue weighted by Crippen LogP contribution is -2.14. The average molecular weight is 334 g/mol. The van der Waals surface area contributed by atoms with Crippen LogP contribution in [0.4, 0.5) is 17.1 Å². The van der Waals surface area contributed by atoms with Crippen molar-refractivity contribution in [2.24, 2.45) is 4.99 Å². The molecule has 2 aromatic rings. The van der Waals surface area contributed by atoms with Gasteiger partial charge in [-0.25, -0.2) is 0 Å². The molecule has 22 heavy (non-hydrogen) atoms. The third kappa shape index (κ3) is 3.21. The van der Waals surface area contributed by atoms with E-state index in [-0.39, 0.29) is 5.92 Å². The van der Waals surface area contributed by atoms with Crippen LogP contribution >= 0.6 is 23.2 Å². The van der Waals surface area contributed by atoms with Gasteiger partial charge < -0.3 is 10.6 Å². The monoisotopic (exact) mass is 333 g/mol. The molecule has 2 aromatic carbocycles. The van der Waals surface area contributed by atoms with Crippen molar-refractivity contribution in [1.29, 1.82) is 0 Å². The highest BCUT2D eigenvalue weighted by Gasteiger charge is 2.13. The van der Waals surface area contributed by atoms with Gasteiger partial charge in [0.2, 0.25) is 0 Å². The molecule has 0 saturated carbocycles. The van der Waals surface area contributed by atoms with Crippen LogP contribution in [0.15, 0.2) is 41.4 Å². The summed E-state index contributed by atoms with van der Waals surface area (Å²) in [6.45, 7) is 3.65. The van der Waals surface area contributed by atoms with E-state index in [1.165, 1.54) is 0 Å². The lowest BCUT2D eigenvalue weighted by atomic mass is 10.0. The molecule has 0 aliphatic carbocycles. The summed E-state index contributed by atoms with van der Waals surface area (Å²) in [5.74, 6) is 0.245. The normalized spacial score (nSPS) is 14.1. The lowest BCUT2D eigenvalue weighted by molar-refractivity contribution is 0.805. The van der Waals surface area contributed by atoms with Crippen LogP contribution in [-0.2, 0) is 0 Å². The molecule has 0 radical (unpaired) electrons. The molecule has 0 fully saturated rings. The Morgan fingerprint density at radius 3 is 3.00 bits per heavy atom. The van der Waals surface area contributed by atoms with Crippen LogP contribution in [0.2, 0.25) is 10.0 Å². The van der Waals surface area contributed by atoms with Crippen molar-refractivity contribution >= 4 is 46.5 Å². The molecule has 0 bridgehead atoms. The zero-order chi connectivity index (χ0) is 15.5. The Hall–Kier alpha value is -1.71. The molecule has 5 heteroatoms. The summed E-state index contributed by atoms with van der Waals surface area (Å²) >= 11 is 12.3. The molecule has 0 spiro atoms. The molecule has 0 aromatic heterocycles. The predicted molar refractivity (Wildman–Crippen MR) is 96.5 cm³/mol. The Bertz CT molecular complexity index is 713. The third-order valence-electron chi connectivity index (χ3n) is 3.73. The maximum absolute atomic E-state index is 6.27. The maximum Gasteiger partial charge on any atom is 0.0879 e. The number of para-hydroxylation sites is 1. The van der Waals surface area contributed by atoms with Crippen LogP contribution in [0.1, 0.15) is 18.4 Å². The molecule has 114 valence electrons. The number of nitrogens with zero attached hydrogens (tertiary/aromatic N) is 1. The van der Waals surface area contributed by atoms with Gasteiger partial charge in [-0.15, -0.1) is 0 Å². The number of benzene rings is 2. The van der Waals surface area contributed by atoms with Gasteiger partial charge in [0.1, 0.15) is 0 Å². The minimum Gasteiger partial charge on any atom is -0.383 e. The Morgan fingerprint density at radius 2 is 2.14 bits per heavy atom. The highest BCUT2D eigenvalue weighted by Crippen LogP contribution is 2.35. The SMILES string of the molecule is CC(CNc1cccc2c1NCC=N2)c1cc(Cl)ccc1Cl. The first-order valence-electron chi connectivity index (χ1n) is 7.23. The van der Waals surface area contributed by atoms with Crippen molar-refractivity contribution in [3.63, 3.8) is 0 Å². The first kappa shape index (κ1) is 15.2. The molecule has 1 unspecified atom stereocenters. The number of halogens is 2. The first-order valence-corrected chi connectivity index (χ1v) is 7.99. The van der Waals surface area contributed by atoms with Crippen LogP contribution in [0.5, 0.6) is 0 Å². The van der Waals surface area contributed by atoms with Crippen molar-refractivity contribution in [1.82, 2.24) is 0 Å². The van der Waals surface area contributed by atoms with Gasteiger partial charge in [-0.1, -0.05) is 36.2 Å². The summed E-state index contributed by atoms with van der Waals surface area (Å²) in [5.41, 5.74) is 4.12. The molecule has 3 rings (SSSR count). The van der Waals surface area contributed by atoms with Gasteiger partial charge in [-0.2, -0.15) is 0 Å². The summed E-state index contributed by atoms with van der Waals surface area (Å²) in [4.78, 5) is 4.40. The number of hydrogen-bond acceptors (Lipinski definition) is 3. The summed E-state index contributed by atoms with van der Waals surface area (Å²) in [6.07, 6.45) is 1.88. The van der Waals surface area contributed by atoms with Gasteiger partial charge in [-0.05, 0) is 41.8 Å². The molecular formula is C17H17Cl2N3. The van der Waals surface area contributed by atoms with E-state index in [1.807, 2.05) is 36.5 Å². The van der Waals surface area contributed by atoms with Crippen LogP contribution in [0, 0.1) is 0 Å². The van der Waals surface area contributed by atoms with E-state index in [0.29, 0.717) is 5.02 Å². The van der Waals surface area contributed by atoms with Crippen molar-refractivity contribution < 1.29 is 0 Å². The topological polar surface area (TPSA) is 36.4 Å². The van der Waals surface area contributed by atoms with Gasteiger partial charge in [-0.3, -0.25) is 4.99 Å². The Kier molecular flexibility index (Phi) is 4.55. The minimum absolute atomic E-state index is 0.245. The van der Waals surface area contributed by atoms with E-state index in [2.05, 4.69) is 28.6 Å². The summed E-state index contributed by atoms with van der Waals surface area (Å²) < 4.78 is 0. The van der Waals surface area contributed by atoms with E-state index < -0.39 is 0 Å². The molecule has 2 N–H and O–H groups in total. The maximum atomic E-state index is 6.27. The summed E-state index contributed by atoms with van der Waals surface area (Å²) in [6, 6.07) is 11.6. The van der Waals surface area contributed by atoms with Crippen molar-refractivity contribution in [2.75, 3.05) is 23.7 Å². The highest BCUT2D eigenvalue weighted by atomic mass is 35.5. The standard InChI is InChI=1S/C17H17Cl2N3/c1-11(13-9-12(18)5-6-14(13)19)10-22-16-4-2-3-15-17(16)21-8-7-20-15/h2-7,9,11,21-22H,8,10H2,1H3. The second-order valence-electron chi connectivity index (χ2n) is 5.34. The van der Waals surface area contributed by atoms with Crippen LogP contribution < -0.4 is 10.6 Å². The third-order valence-corrected chi connectivity index (χ3v) is 4.31. The minimum atomic E-state index is 0.245. The van der Waals surface area contributed by atoms with E-state index in [0.717, 1.165) is 40.7 Å². The second kappa shape index (κ2) is 6.59. The second-order valence-corrected chi connectivity index (χ2v) is 6.18. The van der Waals surface area contributed by atoms with Gasteiger partial charge in [0.15, 0.2) is 0 Å². The Balaban J connectivity index is 1.75. The van der Waals surface area contributed by atoms with Crippen LogP contribution in [0.3, 0.4) is 0 Å². The van der Waals surface area contributed by atoms with Gasteiger partial charge in [0, 0.05) is 22.8 Å².